The Balaban J connectivity index is 2.05. The SMILES string of the molecule is CCc1ccc(C(NC(=O)C2CNCCO2)C(C)C)cc1. The summed E-state index contributed by atoms with van der Waals surface area (Å²) in [6, 6.07) is 8.52. The Hall–Kier alpha value is -1.39. The van der Waals surface area contributed by atoms with Gasteiger partial charge in [-0.05, 0) is 23.5 Å². The van der Waals surface area contributed by atoms with Crippen molar-refractivity contribution in [1.82, 2.24) is 10.6 Å². The molecule has 0 bridgehead atoms. The average molecular weight is 290 g/mol. The van der Waals surface area contributed by atoms with Crippen molar-refractivity contribution in [2.45, 2.75) is 39.3 Å². The van der Waals surface area contributed by atoms with Crippen LogP contribution in [0.2, 0.25) is 0 Å². The molecular weight excluding hydrogens is 264 g/mol. The molecule has 1 aromatic carbocycles. The molecule has 1 saturated heterocycles. The Morgan fingerprint density at radius 3 is 2.62 bits per heavy atom. The van der Waals surface area contributed by atoms with Crippen molar-refractivity contribution in [2.24, 2.45) is 5.92 Å². The summed E-state index contributed by atoms with van der Waals surface area (Å²) in [6.07, 6.45) is 0.649. The van der Waals surface area contributed by atoms with E-state index in [1.54, 1.807) is 0 Å². The quantitative estimate of drug-likeness (QED) is 0.872. The maximum Gasteiger partial charge on any atom is 0.250 e. The Bertz CT molecular complexity index is 450. The lowest BCUT2D eigenvalue weighted by Crippen LogP contribution is -2.49. The molecule has 1 fully saturated rings. The zero-order valence-corrected chi connectivity index (χ0v) is 13.2. The highest BCUT2D eigenvalue weighted by Crippen LogP contribution is 2.22. The largest absolute Gasteiger partial charge is 0.366 e. The lowest BCUT2D eigenvalue weighted by Gasteiger charge is -2.28. The van der Waals surface area contributed by atoms with Gasteiger partial charge in [0.05, 0.1) is 12.6 Å². The van der Waals surface area contributed by atoms with Crippen LogP contribution in [-0.2, 0) is 16.0 Å². The highest BCUT2D eigenvalue weighted by molar-refractivity contribution is 5.81. The van der Waals surface area contributed by atoms with Gasteiger partial charge < -0.3 is 15.4 Å². The zero-order chi connectivity index (χ0) is 15.2. The highest BCUT2D eigenvalue weighted by Gasteiger charge is 2.26. The number of nitrogens with one attached hydrogen (secondary N) is 2. The molecule has 2 N–H and O–H groups in total. The maximum atomic E-state index is 12.3. The fourth-order valence-corrected chi connectivity index (χ4v) is 2.58. The second-order valence-electron chi connectivity index (χ2n) is 5.89. The van der Waals surface area contributed by atoms with E-state index >= 15 is 0 Å². The molecule has 4 heteroatoms. The number of benzene rings is 1. The first kappa shape index (κ1) is 16.0. The van der Waals surface area contributed by atoms with E-state index in [0.717, 1.165) is 18.5 Å². The smallest absolute Gasteiger partial charge is 0.250 e. The van der Waals surface area contributed by atoms with Crippen LogP contribution in [0.3, 0.4) is 0 Å². The monoisotopic (exact) mass is 290 g/mol. The number of aryl methyl sites for hydroxylation is 1. The lowest BCUT2D eigenvalue weighted by molar-refractivity contribution is -0.135. The van der Waals surface area contributed by atoms with Crippen molar-refractivity contribution >= 4 is 5.91 Å². The minimum Gasteiger partial charge on any atom is -0.366 e. The summed E-state index contributed by atoms with van der Waals surface area (Å²) in [4.78, 5) is 12.3. The second kappa shape index (κ2) is 7.57. The third-order valence-corrected chi connectivity index (χ3v) is 3.93. The van der Waals surface area contributed by atoms with Crippen LogP contribution in [-0.4, -0.2) is 31.7 Å². The molecule has 116 valence electrons. The summed E-state index contributed by atoms with van der Waals surface area (Å²) in [7, 11) is 0. The van der Waals surface area contributed by atoms with E-state index in [9.17, 15) is 4.79 Å². The predicted octanol–water partition coefficient (Wildman–Crippen LogP) is 2.05. The molecule has 2 atom stereocenters. The molecule has 1 heterocycles. The van der Waals surface area contributed by atoms with Gasteiger partial charge in [0.25, 0.3) is 5.91 Å². The first-order valence-electron chi connectivity index (χ1n) is 7.83. The minimum absolute atomic E-state index is 0.0222. The van der Waals surface area contributed by atoms with Gasteiger partial charge in [0.15, 0.2) is 0 Å². The second-order valence-corrected chi connectivity index (χ2v) is 5.89. The molecule has 21 heavy (non-hydrogen) atoms. The van der Waals surface area contributed by atoms with E-state index in [1.807, 2.05) is 0 Å². The van der Waals surface area contributed by atoms with Crippen LogP contribution >= 0.6 is 0 Å². The Morgan fingerprint density at radius 2 is 2.10 bits per heavy atom. The van der Waals surface area contributed by atoms with Crippen LogP contribution in [0.5, 0.6) is 0 Å². The Kier molecular flexibility index (Phi) is 5.76. The summed E-state index contributed by atoms with van der Waals surface area (Å²) in [5, 5.41) is 6.32. The first-order chi connectivity index (χ1) is 10.1. The lowest BCUT2D eigenvalue weighted by atomic mass is 9.94. The maximum absolute atomic E-state index is 12.3. The van der Waals surface area contributed by atoms with Gasteiger partial charge in [-0.1, -0.05) is 45.0 Å². The van der Waals surface area contributed by atoms with Crippen molar-refractivity contribution in [1.29, 1.82) is 0 Å². The van der Waals surface area contributed by atoms with Gasteiger partial charge in [-0.2, -0.15) is 0 Å². The van der Waals surface area contributed by atoms with Crippen LogP contribution in [0.1, 0.15) is 37.9 Å². The van der Waals surface area contributed by atoms with Crippen LogP contribution in [0.4, 0.5) is 0 Å². The van der Waals surface area contributed by atoms with Gasteiger partial charge in [0.2, 0.25) is 0 Å². The van der Waals surface area contributed by atoms with E-state index < -0.39 is 0 Å². The Labute approximate surface area is 127 Å². The van der Waals surface area contributed by atoms with E-state index in [4.69, 9.17) is 4.74 Å². The molecule has 0 spiro atoms. The Morgan fingerprint density at radius 1 is 1.38 bits per heavy atom. The van der Waals surface area contributed by atoms with Crippen LogP contribution in [0.25, 0.3) is 0 Å². The van der Waals surface area contributed by atoms with Gasteiger partial charge in [-0.15, -0.1) is 0 Å². The number of morpholine rings is 1. The molecule has 4 nitrogen and oxygen atoms in total. The summed E-state index contributed by atoms with van der Waals surface area (Å²) in [6.45, 7) is 8.39. The number of amides is 1. The first-order valence-corrected chi connectivity index (χ1v) is 7.83. The van der Waals surface area contributed by atoms with E-state index in [2.05, 4.69) is 55.7 Å². The standard InChI is InChI=1S/C17H26N2O2/c1-4-13-5-7-14(8-6-13)16(12(2)3)19-17(20)15-11-18-9-10-21-15/h5-8,12,15-16,18H,4,9-11H2,1-3H3,(H,19,20). The molecule has 2 unspecified atom stereocenters. The molecule has 0 aromatic heterocycles. The van der Waals surface area contributed by atoms with E-state index in [0.29, 0.717) is 19.1 Å². The highest BCUT2D eigenvalue weighted by atomic mass is 16.5. The van der Waals surface area contributed by atoms with Crippen LogP contribution in [0.15, 0.2) is 24.3 Å². The molecule has 2 rings (SSSR count). The van der Waals surface area contributed by atoms with Gasteiger partial charge in [-0.25, -0.2) is 0 Å². The third-order valence-electron chi connectivity index (χ3n) is 3.93. The van der Waals surface area contributed by atoms with Crippen LogP contribution < -0.4 is 10.6 Å². The molecule has 1 amide bonds. The van der Waals surface area contributed by atoms with Crippen molar-refractivity contribution < 1.29 is 9.53 Å². The van der Waals surface area contributed by atoms with Gasteiger partial charge in [-0.3, -0.25) is 4.79 Å². The van der Waals surface area contributed by atoms with Gasteiger partial charge in [0, 0.05) is 13.1 Å². The number of carbonyl (C=O) groups is 1. The summed E-state index contributed by atoms with van der Waals surface area (Å²) in [5.41, 5.74) is 2.46. The van der Waals surface area contributed by atoms with Crippen molar-refractivity contribution in [2.75, 3.05) is 19.7 Å². The minimum atomic E-state index is -0.380. The fraction of sp³-hybridized carbons (Fsp3) is 0.588. The molecule has 0 saturated carbocycles. The van der Waals surface area contributed by atoms with Crippen molar-refractivity contribution in [3.63, 3.8) is 0 Å². The molecular formula is C17H26N2O2. The molecule has 1 aliphatic heterocycles. The summed E-state index contributed by atoms with van der Waals surface area (Å²) >= 11 is 0. The molecule has 0 radical (unpaired) electrons. The van der Waals surface area contributed by atoms with E-state index in [-0.39, 0.29) is 18.1 Å². The number of hydrogen-bond donors (Lipinski definition) is 2. The number of rotatable bonds is 5. The molecule has 1 aliphatic rings. The summed E-state index contributed by atoms with van der Waals surface area (Å²) in [5.74, 6) is 0.304. The fourth-order valence-electron chi connectivity index (χ4n) is 2.58. The van der Waals surface area contributed by atoms with Gasteiger partial charge >= 0.3 is 0 Å². The summed E-state index contributed by atoms with van der Waals surface area (Å²) < 4.78 is 5.52. The zero-order valence-electron chi connectivity index (χ0n) is 13.2. The molecule has 0 aliphatic carbocycles. The number of carbonyl (C=O) groups excluding carboxylic acids is 1. The van der Waals surface area contributed by atoms with Gasteiger partial charge in [0.1, 0.15) is 6.10 Å². The average Bonchev–Trinajstić information content (AvgIpc) is 2.53. The number of ether oxygens (including phenoxy) is 1. The number of hydrogen-bond acceptors (Lipinski definition) is 3. The third kappa shape index (κ3) is 4.29. The normalized spacial score (nSPS) is 20.3. The predicted molar refractivity (Wildman–Crippen MR) is 84.2 cm³/mol. The van der Waals surface area contributed by atoms with Crippen molar-refractivity contribution in [3.05, 3.63) is 35.4 Å². The van der Waals surface area contributed by atoms with Crippen LogP contribution in [0, 0.1) is 5.92 Å². The van der Waals surface area contributed by atoms with Crippen molar-refractivity contribution in [3.8, 4) is 0 Å². The van der Waals surface area contributed by atoms with E-state index in [1.165, 1.54) is 5.56 Å². The molecule has 1 aromatic rings. The topological polar surface area (TPSA) is 50.4 Å².